The number of thiazole rings is 1. The molecule has 3 N–H and O–H groups in total. The number of amides is 1. The van der Waals surface area contributed by atoms with Gasteiger partial charge in [0.15, 0.2) is 15.0 Å². The predicted octanol–water partition coefficient (Wildman–Crippen LogP) is 3.58. The Hall–Kier alpha value is -2.83. The number of anilines is 1. The zero-order chi connectivity index (χ0) is 25.6. The molecule has 0 aliphatic rings. The molecule has 0 saturated carbocycles. The summed E-state index contributed by atoms with van der Waals surface area (Å²) >= 11 is 1.21. The molecule has 1 aromatic heterocycles. The fourth-order valence-electron chi connectivity index (χ4n) is 3.02. The van der Waals surface area contributed by atoms with Crippen molar-refractivity contribution in [3.05, 3.63) is 64.7 Å². The molecule has 0 fully saturated rings. The van der Waals surface area contributed by atoms with E-state index in [2.05, 4.69) is 10.3 Å². The molecule has 2 unspecified atom stereocenters. The minimum Gasteiger partial charge on any atom is -0.457 e. The van der Waals surface area contributed by atoms with Crippen molar-refractivity contribution in [2.75, 3.05) is 24.8 Å². The first kappa shape index (κ1) is 26.8. The first-order valence-corrected chi connectivity index (χ1v) is 13.6. The predicted molar refractivity (Wildman–Crippen MR) is 133 cm³/mol. The van der Waals surface area contributed by atoms with Crippen LogP contribution in [-0.4, -0.2) is 55.1 Å². The number of aliphatic hydroxyl groups excluding tert-OH is 2. The maximum absolute atomic E-state index is 12.9. The van der Waals surface area contributed by atoms with E-state index in [0.717, 1.165) is 11.8 Å². The highest BCUT2D eigenvalue weighted by Crippen LogP contribution is 2.27. The van der Waals surface area contributed by atoms with Gasteiger partial charge in [-0.1, -0.05) is 0 Å². The van der Waals surface area contributed by atoms with Crippen LogP contribution in [0.4, 0.5) is 5.13 Å². The van der Waals surface area contributed by atoms with Crippen molar-refractivity contribution in [3.63, 3.8) is 0 Å². The van der Waals surface area contributed by atoms with Crippen molar-refractivity contribution >= 4 is 32.2 Å². The van der Waals surface area contributed by atoms with Gasteiger partial charge in [-0.3, -0.25) is 10.1 Å². The number of aromatic nitrogens is 1. The molecule has 1 amide bonds. The largest absolute Gasteiger partial charge is 0.457 e. The van der Waals surface area contributed by atoms with Crippen LogP contribution in [0.2, 0.25) is 0 Å². The highest BCUT2D eigenvalue weighted by atomic mass is 32.2. The number of carbonyl (C=O) groups is 1. The first-order chi connectivity index (χ1) is 16.5. The van der Waals surface area contributed by atoms with Gasteiger partial charge >= 0.3 is 0 Å². The number of hydrogen-bond donors (Lipinski definition) is 3. The zero-order valence-corrected chi connectivity index (χ0v) is 21.2. The quantitative estimate of drug-likeness (QED) is 0.349. The molecule has 2 aromatic carbocycles. The fourth-order valence-corrected chi connectivity index (χ4v) is 4.44. The second-order valence-corrected chi connectivity index (χ2v) is 10.9. The average Bonchev–Trinajstić information content (AvgIpc) is 3.27. The van der Waals surface area contributed by atoms with Crippen molar-refractivity contribution in [1.82, 2.24) is 4.98 Å². The van der Waals surface area contributed by atoms with E-state index in [9.17, 15) is 18.3 Å². The number of aliphatic hydroxyl groups is 2. The summed E-state index contributed by atoms with van der Waals surface area (Å²) in [5.74, 6) is 0.395. The second-order valence-electron chi connectivity index (χ2n) is 8.03. The van der Waals surface area contributed by atoms with E-state index in [-0.39, 0.29) is 17.6 Å². The topological polar surface area (TPSA) is 135 Å². The third-order valence-corrected chi connectivity index (χ3v) is 6.84. The van der Waals surface area contributed by atoms with Gasteiger partial charge in [0, 0.05) is 17.2 Å². The number of nitrogens with zero attached hydrogens (tertiary/aromatic N) is 1. The normalized spacial score (nSPS) is 13.3. The minimum atomic E-state index is -3.33. The van der Waals surface area contributed by atoms with Crippen LogP contribution in [0.5, 0.6) is 11.5 Å². The molecule has 9 nitrogen and oxygen atoms in total. The van der Waals surface area contributed by atoms with Crippen LogP contribution in [0.1, 0.15) is 41.6 Å². The third kappa shape index (κ3) is 7.84. The Morgan fingerprint density at radius 2 is 1.86 bits per heavy atom. The molecule has 35 heavy (non-hydrogen) atoms. The van der Waals surface area contributed by atoms with Crippen LogP contribution in [0, 0.1) is 0 Å². The summed E-state index contributed by atoms with van der Waals surface area (Å²) in [5, 5.41) is 23.6. The molecule has 0 radical (unpaired) electrons. The Balaban J connectivity index is 1.83. The van der Waals surface area contributed by atoms with Gasteiger partial charge < -0.3 is 19.7 Å². The van der Waals surface area contributed by atoms with Gasteiger partial charge in [-0.05, 0) is 68.3 Å². The lowest BCUT2D eigenvalue weighted by molar-refractivity contribution is 0.0267. The molecule has 0 bridgehead atoms. The van der Waals surface area contributed by atoms with E-state index in [0.29, 0.717) is 40.9 Å². The Morgan fingerprint density at radius 1 is 1.14 bits per heavy atom. The summed E-state index contributed by atoms with van der Waals surface area (Å²) in [6.07, 6.45) is 0.552. The molecule has 0 saturated heterocycles. The van der Waals surface area contributed by atoms with Crippen molar-refractivity contribution in [3.8, 4) is 11.5 Å². The summed E-state index contributed by atoms with van der Waals surface area (Å²) in [4.78, 5) is 17.3. The van der Waals surface area contributed by atoms with Gasteiger partial charge in [-0.25, -0.2) is 13.4 Å². The Morgan fingerprint density at radius 3 is 2.46 bits per heavy atom. The van der Waals surface area contributed by atoms with Crippen LogP contribution in [0.15, 0.2) is 52.7 Å². The van der Waals surface area contributed by atoms with Crippen molar-refractivity contribution in [2.45, 2.75) is 37.4 Å². The van der Waals surface area contributed by atoms with Crippen LogP contribution < -0.4 is 10.1 Å². The standard InChI is InChI=1S/C24H28N2O7S2/c1-15(13-27)32-9-8-17-10-18(23(29)26-24-25-22(14-34-24)16(2)28)12-20(11-17)33-19-4-6-21(7-5-19)35(3,30)31/h4-7,10-12,14-16,27-28H,8-9,13H2,1-3H3,(H,25,26,29). The molecule has 3 aromatic rings. The maximum atomic E-state index is 12.9. The van der Waals surface area contributed by atoms with Gasteiger partial charge in [0.25, 0.3) is 5.91 Å². The smallest absolute Gasteiger partial charge is 0.257 e. The number of hydrogen-bond acceptors (Lipinski definition) is 9. The van der Waals surface area contributed by atoms with Crippen molar-refractivity contribution < 1.29 is 32.9 Å². The van der Waals surface area contributed by atoms with Crippen LogP contribution in [0.25, 0.3) is 0 Å². The van der Waals surface area contributed by atoms with E-state index in [4.69, 9.17) is 14.6 Å². The van der Waals surface area contributed by atoms with Crippen LogP contribution in [0.3, 0.4) is 0 Å². The van der Waals surface area contributed by atoms with Crippen molar-refractivity contribution in [2.24, 2.45) is 0 Å². The molecule has 11 heteroatoms. The van der Waals surface area contributed by atoms with E-state index < -0.39 is 21.8 Å². The molecule has 0 spiro atoms. The van der Waals surface area contributed by atoms with E-state index in [1.165, 1.54) is 23.5 Å². The number of nitrogens with one attached hydrogen (secondary N) is 1. The van der Waals surface area contributed by atoms with E-state index in [1.54, 1.807) is 49.6 Å². The van der Waals surface area contributed by atoms with Gasteiger partial charge in [0.2, 0.25) is 0 Å². The summed E-state index contributed by atoms with van der Waals surface area (Å²) in [6.45, 7) is 3.59. The highest BCUT2D eigenvalue weighted by Gasteiger charge is 2.15. The number of benzene rings is 2. The number of ether oxygens (including phenoxy) is 2. The zero-order valence-electron chi connectivity index (χ0n) is 19.6. The molecule has 0 aliphatic carbocycles. The van der Waals surface area contributed by atoms with E-state index in [1.807, 2.05) is 0 Å². The van der Waals surface area contributed by atoms with Gasteiger partial charge in [0.05, 0.1) is 36.0 Å². The SMILES string of the molecule is CC(CO)OCCc1cc(Oc2ccc(S(C)(=O)=O)cc2)cc(C(=O)Nc2nc(C(C)O)cs2)c1. The summed E-state index contributed by atoms with van der Waals surface area (Å²) in [7, 11) is -3.33. The maximum Gasteiger partial charge on any atom is 0.257 e. The summed E-state index contributed by atoms with van der Waals surface area (Å²) in [6, 6.07) is 11.0. The monoisotopic (exact) mass is 520 g/mol. The summed E-state index contributed by atoms with van der Waals surface area (Å²) < 4.78 is 34.8. The molecular weight excluding hydrogens is 492 g/mol. The van der Waals surface area contributed by atoms with Crippen LogP contribution >= 0.6 is 11.3 Å². The Kier molecular flexibility index (Phi) is 8.98. The third-order valence-electron chi connectivity index (χ3n) is 4.94. The Bertz CT molecular complexity index is 1260. The van der Waals surface area contributed by atoms with Crippen molar-refractivity contribution in [1.29, 1.82) is 0 Å². The lowest BCUT2D eigenvalue weighted by atomic mass is 10.1. The van der Waals surface area contributed by atoms with Crippen LogP contribution in [-0.2, 0) is 21.0 Å². The lowest BCUT2D eigenvalue weighted by Gasteiger charge is -2.13. The molecule has 1 heterocycles. The first-order valence-electron chi connectivity index (χ1n) is 10.8. The molecule has 188 valence electrons. The van der Waals surface area contributed by atoms with Gasteiger partial charge in [-0.2, -0.15) is 0 Å². The fraction of sp³-hybridized carbons (Fsp3) is 0.333. The lowest BCUT2D eigenvalue weighted by Crippen LogP contribution is -2.15. The number of carbonyl (C=O) groups excluding carboxylic acids is 1. The number of rotatable bonds is 11. The van der Waals surface area contributed by atoms with E-state index >= 15 is 0 Å². The molecular formula is C24H28N2O7S2. The average molecular weight is 521 g/mol. The number of sulfone groups is 1. The molecule has 3 rings (SSSR count). The van der Waals surface area contributed by atoms with Gasteiger partial charge in [0.1, 0.15) is 11.5 Å². The molecule has 0 aliphatic heterocycles. The Labute approximate surface area is 208 Å². The highest BCUT2D eigenvalue weighted by molar-refractivity contribution is 7.90. The molecule has 2 atom stereocenters. The minimum absolute atomic E-state index is 0.0947. The van der Waals surface area contributed by atoms with Gasteiger partial charge in [-0.15, -0.1) is 11.3 Å². The second kappa shape index (κ2) is 11.7. The summed E-state index contributed by atoms with van der Waals surface area (Å²) in [5.41, 5.74) is 1.57.